The summed E-state index contributed by atoms with van der Waals surface area (Å²) >= 11 is 0. The lowest BCUT2D eigenvalue weighted by atomic mass is 10.2. The quantitative estimate of drug-likeness (QED) is 0.138. The Balaban J connectivity index is 1.36. The van der Waals surface area contributed by atoms with E-state index >= 15 is 0 Å². The number of carbonyl (C=O) groups excluding carboxylic acids is 1. The zero-order valence-electron chi connectivity index (χ0n) is 25.2. The number of amides is 1. The average Bonchev–Trinajstić information content (AvgIpc) is 3.86. The summed E-state index contributed by atoms with van der Waals surface area (Å²) in [6.07, 6.45) is 6.11. The number of rotatable bonds is 10. The first-order valence-corrected chi connectivity index (χ1v) is 14.4. The van der Waals surface area contributed by atoms with E-state index in [2.05, 4.69) is 9.97 Å². The lowest BCUT2D eigenvalue weighted by Gasteiger charge is -2.38. The van der Waals surface area contributed by atoms with Crippen molar-refractivity contribution in [3.05, 3.63) is 107 Å². The number of nitrogens with two attached hydrogens (primary N) is 1. The van der Waals surface area contributed by atoms with E-state index in [1.165, 1.54) is 33.5 Å². The van der Waals surface area contributed by atoms with E-state index in [-0.39, 0.29) is 30.0 Å². The van der Waals surface area contributed by atoms with Crippen molar-refractivity contribution in [1.29, 1.82) is 0 Å². The van der Waals surface area contributed by atoms with Crippen LogP contribution < -0.4 is 25.8 Å². The van der Waals surface area contributed by atoms with Crippen LogP contribution in [-0.2, 0) is 4.79 Å². The van der Waals surface area contributed by atoms with Gasteiger partial charge in [-0.05, 0) is 60.7 Å². The lowest BCUT2D eigenvalue weighted by molar-refractivity contribution is -0.865. The molecule has 1 atom stereocenters. The second kappa shape index (κ2) is 11.9. The van der Waals surface area contributed by atoms with E-state index in [1.807, 2.05) is 30.3 Å². The summed E-state index contributed by atoms with van der Waals surface area (Å²) in [6, 6.07) is 21.5. The predicted octanol–water partition coefficient (Wildman–Crippen LogP) is 4.58. The van der Waals surface area contributed by atoms with Gasteiger partial charge in [0.1, 0.15) is 29.1 Å². The molecule has 0 radical (unpaired) electrons. The molecule has 1 aliphatic rings. The van der Waals surface area contributed by atoms with Gasteiger partial charge >= 0.3 is 5.69 Å². The molecule has 0 aliphatic heterocycles. The third-order valence-corrected chi connectivity index (χ3v) is 7.88. The Bertz CT molecular complexity index is 1940. The molecule has 12 heteroatoms. The molecular formula is C33H33N7O5. The summed E-state index contributed by atoms with van der Waals surface area (Å²) in [5.41, 5.74) is 7.86. The van der Waals surface area contributed by atoms with Gasteiger partial charge in [0.25, 0.3) is 5.91 Å². The number of hydrogen-bond donors (Lipinski definition) is 1. The summed E-state index contributed by atoms with van der Waals surface area (Å²) in [7, 11) is 4.73. The first-order valence-electron chi connectivity index (χ1n) is 14.4. The molecule has 1 amide bonds. The third kappa shape index (κ3) is 5.88. The summed E-state index contributed by atoms with van der Waals surface area (Å²) in [5.74, 6) is 1.48. The van der Waals surface area contributed by atoms with Crippen LogP contribution in [0, 0.1) is 5.21 Å². The van der Waals surface area contributed by atoms with Crippen LogP contribution in [0.3, 0.4) is 0 Å². The summed E-state index contributed by atoms with van der Waals surface area (Å²) in [5, 5.41) is 12.6. The minimum atomic E-state index is -0.438. The molecule has 2 N–H and O–H groups in total. The number of fused-ring (bicyclic) bond motifs is 1. The SMILES string of the molecule is COc1ccc(-n2c(=O)n(-c3ccc(Oc4ccccc4)cc3)c3c(N)ncnc32)cc1N(C)C(=O)C=CC[N+](C)([O-])C1CC1. The Kier molecular flexibility index (Phi) is 7.83. The number of ether oxygens (including phenoxy) is 2. The van der Waals surface area contributed by atoms with Gasteiger partial charge in [0.05, 0.1) is 43.8 Å². The molecule has 1 fully saturated rings. The van der Waals surface area contributed by atoms with E-state index in [1.54, 1.807) is 62.6 Å². The smallest absolute Gasteiger partial charge is 0.339 e. The molecule has 230 valence electrons. The van der Waals surface area contributed by atoms with Gasteiger partial charge in [-0.2, -0.15) is 0 Å². The van der Waals surface area contributed by atoms with Gasteiger partial charge in [0.15, 0.2) is 11.5 Å². The van der Waals surface area contributed by atoms with Gasteiger partial charge in [0.2, 0.25) is 0 Å². The summed E-state index contributed by atoms with van der Waals surface area (Å²) < 4.78 is 13.9. The Labute approximate surface area is 259 Å². The van der Waals surface area contributed by atoms with Crippen LogP contribution in [0.4, 0.5) is 11.5 Å². The predicted molar refractivity (Wildman–Crippen MR) is 172 cm³/mol. The van der Waals surface area contributed by atoms with E-state index in [4.69, 9.17) is 15.2 Å². The number of methoxy groups -OCH3 is 1. The molecule has 1 aliphatic carbocycles. The fourth-order valence-electron chi connectivity index (χ4n) is 5.25. The highest BCUT2D eigenvalue weighted by atomic mass is 16.5. The molecule has 5 aromatic rings. The number of para-hydroxylation sites is 1. The summed E-state index contributed by atoms with van der Waals surface area (Å²) in [4.78, 5) is 37.2. The maximum Gasteiger partial charge on any atom is 0.339 e. The van der Waals surface area contributed by atoms with Crippen molar-refractivity contribution in [3.63, 3.8) is 0 Å². The van der Waals surface area contributed by atoms with Crippen molar-refractivity contribution in [2.45, 2.75) is 18.9 Å². The monoisotopic (exact) mass is 607 g/mol. The Morgan fingerprint density at radius 2 is 1.73 bits per heavy atom. The van der Waals surface area contributed by atoms with E-state index in [0.717, 1.165) is 12.8 Å². The molecule has 0 spiro atoms. The topological polar surface area (TPSA) is 141 Å². The van der Waals surface area contributed by atoms with Crippen LogP contribution in [0.1, 0.15) is 12.8 Å². The summed E-state index contributed by atoms with van der Waals surface area (Å²) in [6.45, 7) is 0.205. The fourth-order valence-corrected chi connectivity index (χ4v) is 5.25. The Morgan fingerprint density at radius 3 is 2.42 bits per heavy atom. The second-order valence-electron chi connectivity index (χ2n) is 11.0. The minimum Gasteiger partial charge on any atom is -0.633 e. The highest BCUT2D eigenvalue weighted by molar-refractivity contribution is 6.02. The van der Waals surface area contributed by atoms with Crippen molar-refractivity contribution in [2.24, 2.45) is 0 Å². The molecule has 6 rings (SSSR count). The Hall–Kier alpha value is -5.46. The molecule has 0 saturated heterocycles. The maximum absolute atomic E-state index is 14.1. The number of carbonyl (C=O) groups is 1. The number of benzene rings is 3. The maximum atomic E-state index is 14.1. The number of aromatic nitrogens is 4. The first-order chi connectivity index (χ1) is 21.7. The van der Waals surface area contributed by atoms with E-state index in [9.17, 15) is 14.8 Å². The number of hydroxylamine groups is 3. The second-order valence-corrected chi connectivity index (χ2v) is 11.0. The molecule has 3 aromatic carbocycles. The number of anilines is 2. The normalized spacial score (nSPS) is 14.4. The standard InChI is InChI=1S/C33H33N7O5/c1-37(29(41)10-7-19-40(2,43)24-14-15-24)27-20-23(13-18-28(27)44-3)39-32-30(31(34)35-21-36-32)38(33(39)42)22-11-16-26(17-12-22)45-25-8-5-4-6-9-25/h4-13,16-18,20-21,24H,14-15,19H2,1-3H3,(H2,34,35,36). The van der Waals surface area contributed by atoms with Gasteiger partial charge < -0.3 is 30.0 Å². The van der Waals surface area contributed by atoms with Crippen LogP contribution in [0.25, 0.3) is 22.5 Å². The van der Waals surface area contributed by atoms with Crippen LogP contribution in [0.2, 0.25) is 0 Å². The molecule has 1 saturated carbocycles. The molecule has 2 aromatic heterocycles. The molecule has 2 heterocycles. The van der Waals surface area contributed by atoms with E-state index < -0.39 is 10.3 Å². The van der Waals surface area contributed by atoms with Crippen LogP contribution in [0.15, 0.2) is 96.1 Å². The first kappa shape index (κ1) is 29.6. The number of quaternary nitrogens is 1. The average molecular weight is 608 g/mol. The molecule has 1 unspecified atom stereocenters. The van der Waals surface area contributed by atoms with Crippen LogP contribution in [0.5, 0.6) is 17.2 Å². The number of nitrogens with zero attached hydrogens (tertiary/aromatic N) is 6. The molecule has 0 bridgehead atoms. The van der Waals surface area contributed by atoms with Crippen LogP contribution >= 0.6 is 0 Å². The van der Waals surface area contributed by atoms with Crippen molar-refractivity contribution < 1.29 is 18.9 Å². The van der Waals surface area contributed by atoms with Gasteiger partial charge in [0, 0.05) is 26.0 Å². The molecule has 12 nitrogen and oxygen atoms in total. The zero-order chi connectivity index (χ0) is 31.7. The fraction of sp³-hybridized carbons (Fsp3) is 0.212. The zero-order valence-corrected chi connectivity index (χ0v) is 25.2. The Morgan fingerprint density at radius 1 is 1.04 bits per heavy atom. The van der Waals surface area contributed by atoms with E-state index in [0.29, 0.717) is 39.8 Å². The van der Waals surface area contributed by atoms with Gasteiger partial charge in [-0.25, -0.2) is 19.3 Å². The highest BCUT2D eigenvalue weighted by Gasteiger charge is 2.34. The largest absolute Gasteiger partial charge is 0.633 e. The molecular weight excluding hydrogens is 574 g/mol. The highest BCUT2D eigenvalue weighted by Crippen LogP contribution is 2.33. The third-order valence-electron chi connectivity index (χ3n) is 7.88. The number of imidazole rings is 1. The molecule has 45 heavy (non-hydrogen) atoms. The number of likely N-dealkylation sites (N-methyl/N-ethyl adjacent to an activating group) is 2. The van der Waals surface area contributed by atoms with Crippen LogP contribution in [-0.4, -0.2) is 63.4 Å². The minimum absolute atomic E-state index is 0.0955. The van der Waals surface area contributed by atoms with Crippen molar-refractivity contribution >= 4 is 28.6 Å². The number of nitrogen functional groups attached to an aromatic ring is 1. The van der Waals surface area contributed by atoms with Crippen molar-refractivity contribution in [1.82, 2.24) is 19.1 Å². The lowest BCUT2D eigenvalue weighted by Crippen LogP contribution is -2.40. The van der Waals surface area contributed by atoms with Crippen molar-refractivity contribution in [3.8, 4) is 28.6 Å². The number of hydrogen-bond acceptors (Lipinski definition) is 8. The van der Waals surface area contributed by atoms with Gasteiger partial charge in [-0.15, -0.1) is 0 Å². The van der Waals surface area contributed by atoms with Gasteiger partial charge in [-0.1, -0.05) is 18.2 Å². The van der Waals surface area contributed by atoms with Gasteiger partial charge in [-0.3, -0.25) is 9.36 Å². The van der Waals surface area contributed by atoms with Crippen molar-refractivity contribution in [2.75, 3.05) is 38.4 Å².